The molecule has 0 aromatic heterocycles. The minimum atomic E-state index is -4.53. The van der Waals surface area contributed by atoms with Crippen molar-refractivity contribution in [1.29, 1.82) is 0 Å². The normalized spacial score (nSPS) is 21.8. The van der Waals surface area contributed by atoms with Crippen molar-refractivity contribution in [2.75, 3.05) is 33.5 Å². The summed E-state index contributed by atoms with van der Waals surface area (Å²) in [6, 6.07) is -2.04. The molecule has 2 heterocycles. The maximum absolute atomic E-state index is 12.4. The maximum atomic E-state index is 12.4. The van der Waals surface area contributed by atoms with Crippen LogP contribution in [0.4, 0.5) is 4.79 Å². The molecule has 2 aliphatic heterocycles. The third kappa shape index (κ3) is 6.52. The lowest BCUT2D eigenvalue weighted by Gasteiger charge is -2.27. The first-order chi connectivity index (χ1) is 14.0. The van der Waals surface area contributed by atoms with Crippen LogP contribution in [-0.4, -0.2) is 81.8 Å². The summed E-state index contributed by atoms with van der Waals surface area (Å²) in [5.41, 5.74) is 4.61. The molecule has 12 nitrogen and oxygen atoms in total. The number of carbonyl (C=O) groups excluding carboxylic acids is 3. The highest BCUT2D eigenvalue weighted by Gasteiger charge is 2.49. The van der Waals surface area contributed by atoms with E-state index in [1.807, 2.05) is 0 Å². The van der Waals surface area contributed by atoms with E-state index >= 15 is 0 Å². The lowest BCUT2D eigenvalue weighted by molar-refractivity contribution is -0.145. The molecule has 2 aliphatic rings. The van der Waals surface area contributed by atoms with Gasteiger partial charge in [0.2, 0.25) is 5.91 Å². The largest absolute Gasteiger partial charge is 0.463 e. The predicted molar refractivity (Wildman–Crippen MR) is 102 cm³/mol. The molecule has 2 N–H and O–H groups in total. The standard InChI is InChI=1S/C17H29N3O9S/c1-17(2,7-6-14(21)27-9-8-26-3)11-28-30(24,25)29-20-12-4-5-13(15(18)22)19(10-12)16(20)23/h12-13H,4-11H2,1-3H3,(H2,18,22). The predicted octanol–water partition coefficient (Wildman–Crippen LogP) is -0.0707. The van der Waals surface area contributed by atoms with E-state index in [9.17, 15) is 22.8 Å². The fourth-order valence-corrected chi connectivity index (χ4v) is 4.09. The van der Waals surface area contributed by atoms with Gasteiger partial charge in [-0.25, -0.2) is 8.98 Å². The summed E-state index contributed by atoms with van der Waals surface area (Å²) in [7, 11) is -3.04. The Balaban J connectivity index is 1.84. The van der Waals surface area contributed by atoms with Gasteiger partial charge in [-0.2, -0.15) is 13.5 Å². The Morgan fingerprint density at radius 2 is 1.93 bits per heavy atom. The molecule has 2 fully saturated rings. The quantitative estimate of drug-likeness (QED) is 0.317. The van der Waals surface area contributed by atoms with Crippen LogP contribution in [0.2, 0.25) is 0 Å². The summed E-state index contributed by atoms with van der Waals surface area (Å²) in [5, 5.41) is 0.721. The van der Waals surface area contributed by atoms with Crippen molar-refractivity contribution >= 4 is 28.3 Å². The van der Waals surface area contributed by atoms with E-state index in [0.717, 1.165) is 5.06 Å². The third-order valence-electron chi connectivity index (χ3n) is 4.97. The lowest BCUT2D eigenvalue weighted by Crippen LogP contribution is -2.47. The summed E-state index contributed by atoms with van der Waals surface area (Å²) < 4.78 is 44.0. The van der Waals surface area contributed by atoms with Crippen LogP contribution in [0.5, 0.6) is 0 Å². The highest BCUT2D eigenvalue weighted by atomic mass is 32.3. The molecule has 2 bridgehead atoms. The van der Waals surface area contributed by atoms with Gasteiger partial charge in [0, 0.05) is 20.1 Å². The Morgan fingerprint density at radius 1 is 1.23 bits per heavy atom. The molecule has 2 saturated heterocycles. The molecule has 0 aromatic rings. The van der Waals surface area contributed by atoms with Crippen molar-refractivity contribution in [3.8, 4) is 0 Å². The van der Waals surface area contributed by atoms with Crippen LogP contribution >= 0.6 is 0 Å². The number of rotatable bonds is 12. The van der Waals surface area contributed by atoms with Gasteiger partial charge in [-0.15, -0.1) is 4.28 Å². The number of amides is 3. The van der Waals surface area contributed by atoms with Gasteiger partial charge >= 0.3 is 22.4 Å². The van der Waals surface area contributed by atoms with Crippen molar-refractivity contribution in [3.05, 3.63) is 0 Å². The molecular weight excluding hydrogens is 422 g/mol. The number of esters is 1. The van der Waals surface area contributed by atoms with Crippen LogP contribution in [0, 0.1) is 5.41 Å². The summed E-state index contributed by atoms with van der Waals surface area (Å²) in [6.45, 7) is 3.78. The average Bonchev–Trinajstić information content (AvgIpc) is 2.89. The van der Waals surface area contributed by atoms with Crippen molar-refractivity contribution < 1.29 is 40.7 Å². The SMILES string of the molecule is COCCOC(=O)CCC(C)(C)COS(=O)(=O)ON1C(=O)N2CC1CCC2C(N)=O. The number of primary amides is 1. The molecule has 0 radical (unpaired) electrons. The topological polar surface area (TPSA) is 155 Å². The second-order valence-corrected chi connectivity index (χ2v) is 9.23. The number of hydroxylamine groups is 2. The zero-order valence-electron chi connectivity index (χ0n) is 17.4. The van der Waals surface area contributed by atoms with Crippen LogP contribution in [0.15, 0.2) is 0 Å². The first-order valence-corrected chi connectivity index (χ1v) is 10.9. The number of piperidine rings is 1. The number of fused-ring (bicyclic) bond motifs is 2. The second kappa shape index (κ2) is 9.90. The van der Waals surface area contributed by atoms with Gasteiger partial charge in [0.25, 0.3) is 0 Å². The lowest BCUT2D eigenvalue weighted by atomic mass is 9.89. The van der Waals surface area contributed by atoms with Gasteiger partial charge < -0.3 is 20.1 Å². The van der Waals surface area contributed by atoms with E-state index in [4.69, 9.17) is 23.7 Å². The van der Waals surface area contributed by atoms with Crippen molar-refractivity contribution in [1.82, 2.24) is 9.96 Å². The van der Waals surface area contributed by atoms with Crippen LogP contribution in [0.25, 0.3) is 0 Å². The molecule has 0 spiro atoms. The monoisotopic (exact) mass is 451 g/mol. The van der Waals surface area contributed by atoms with Gasteiger partial charge in [0.05, 0.1) is 19.3 Å². The van der Waals surface area contributed by atoms with Gasteiger partial charge in [-0.3, -0.25) is 9.59 Å². The molecule has 0 aromatic carbocycles. The minimum Gasteiger partial charge on any atom is -0.463 e. The Hall–Kier alpha value is -1.96. The number of ether oxygens (including phenoxy) is 2. The number of hydrogen-bond acceptors (Lipinski definition) is 9. The summed E-state index contributed by atoms with van der Waals surface area (Å²) >= 11 is 0. The Labute approximate surface area is 175 Å². The van der Waals surface area contributed by atoms with E-state index < -0.39 is 45.8 Å². The van der Waals surface area contributed by atoms with Crippen LogP contribution in [-0.2, 0) is 37.9 Å². The van der Waals surface area contributed by atoms with Crippen molar-refractivity contribution in [2.24, 2.45) is 11.1 Å². The van der Waals surface area contributed by atoms with E-state index in [0.29, 0.717) is 25.9 Å². The number of nitrogens with zero attached hydrogens (tertiary/aromatic N) is 2. The first kappa shape index (κ1) is 24.3. The minimum absolute atomic E-state index is 0.0805. The van der Waals surface area contributed by atoms with E-state index in [-0.39, 0.29) is 26.2 Å². The zero-order chi connectivity index (χ0) is 22.5. The van der Waals surface area contributed by atoms with Crippen LogP contribution in [0.1, 0.15) is 39.5 Å². The van der Waals surface area contributed by atoms with Gasteiger partial charge in [-0.05, 0) is 24.7 Å². The number of methoxy groups -OCH3 is 1. The molecule has 2 unspecified atom stereocenters. The Bertz CT molecular complexity index is 756. The Kier molecular flexibility index (Phi) is 8.02. The first-order valence-electron chi connectivity index (χ1n) is 9.58. The molecule has 172 valence electrons. The number of nitrogens with two attached hydrogens (primary N) is 1. The summed E-state index contributed by atoms with van der Waals surface area (Å²) in [5.74, 6) is -1.07. The number of hydrogen-bond donors (Lipinski definition) is 1. The second-order valence-electron chi connectivity index (χ2n) is 8.03. The Morgan fingerprint density at radius 3 is 2.57 bits per heavy atom. The van der Waals surface area contributed by atoms with Gasteiger partial charge in [-0.1, -0.05) is 13.8 Å². The molecule has 30 heavy (non-hydrogen) atoms. The van der Waals surface area contributed by atoms with Crippen LogP contribution in [0.3, 0.4) is 0 Å². The molecule has 3 amide bonds. The number of carbonyl (C=O) groups is 3. The van der Waals surface area contributed by atoms with E-state index in [1.165, 1.54) is 12.0 Å². The summed E-state index contributed by atoms with van der Waals surface area (Å²) in [6.07, 6.45) is 1.10. The van der Waals surface area contributed by atoms with E-state index in [2.05, 4.69) is 0 Å². The van der Waals surface area contributed by atoms with E-state index in [1.54, 1.807) is 13.8 Å². The maximum Gasteiger partial charge on any atom is 0.421 e. The molecule has 2 atom stereocenters. The molecular formula is C17H29N3O9S. The van der Waals surface area contributed by atoms with Gasteiger partial charge in [0.15, 0.2) is 0 Å². The summed E-state index contributed by atoms with van der Waals surface area (Å²) in [4.78, 5) is 36.7. The average molecular weight is 451 g/mol. The smallest absolute Gasteiger partial charge is 0.421 e. The molecule has 0 aliphatic carbocycles. The van der Waals surface area contributed by atoms with Crippen molar-refractivity contribution in [2.45, 2.75) is 51.6 Å². The fourth-order valence-electron chi connectivity index (χ4n) is 3.20. The molecule has 13 heteroatoms. The molecule has 2 rings (SSSR count). The van der Waals surface area contributed by atoms with Crippen molar-refractivity contribution in [3.63, 3.8) is 0 Å². The number of urea groups is 1. The zero-order valence-corrected chi connectivity index (χ0v) is 18.2. The fraction of sp³-hybridized carbons (Fsp3) is 0.824. The highest BCUT2D eigenvalue weighted by Crippen LogP contribution is 2.31. The highest BCUT2D eigenvalue weighted by molar-refractivity contribution is 7.81. The molecule has 0 saturated carbocycles. The van der Waals surface area contributed by atoms with Gasteiger partial charge in [0.1, 0.15) is 12.6 Å². The van der Waals surface area contributed by atoms with Crippen LogP contribution < -0.4 is 5.73 Å². The third-order valence-corrected chi connectivity index (χ3v) is 5.72.